The smallest absolute Gasteiger partial charge is 0.242 e. The molecule has 0 aliphatic carbocycles. The minimum absolute atomic E-state index is 0.0183. The molecule has 0 aliphatic rings. The summed E-state index contributed by atoms with van der Waals surface area (Å²) in [5, 5.41) is 10.4. The number of likely N-dealkylation sites (N-methyl/N-ethyl adjacent to an activating group) is 1. The van der Waals surface area contributed by atoms with E-state index in [4.69, 9.17) is 0 Å². The van der Waals surface area contributed by atoms with Crippen LogP contribution < -0.4 is 0 Å². The third-order valence-corrected chi connectivity index (χ3v) is 3.52. The molecule has 0 saturated carbocycles. The molecule has 0 atom stereocenters. The molecule has 19 heavy (non-hydrogen) atoms. The Labute approximate surface area is 113 Å². The van der Waals surface area contributed by atoms with Gasteiger partial charge in [-0.25, -0.2) is 0 Å². The first kappa shape index (κ1) is 13.6. The maximum absolute atomic E-state index is 12.1. The Hall–Kier alpha value is -1.81. The van der Waals surface area contributed by atoms with Gasteiger partial charge in [-0.05, 0) is 25.3 Å². The summed E-state index contributed by atoms with van der Waals surface area (Å²) in [6.07, 6.45) is 1.90. The number of hydrogen-bond donors (Lipinski definition) is 1. The Morgan fingerprint density at radius 3 is 2.74 bits per heavy atom. The largest absolute Gasteiger partial charge is 0.392 e. The van der Waals surface area contributed by atoms with E-state index >= 15 is 0 Å². The van der Waals surface area contributed by atoms with Gasteiger partial charge >= 0.3 is 0 Å². The maximum Gasteiger partial charge on any atom is 0.242 e. The van der Waals surface area contributed by atoms with Crippen molar-refractivity contribution >= 4 is 16.8 Å². The molecular formula is C15H20N2O2. The van der Waals surface area contributed by atoms with Crippen LogP contribution in [0.2, 0.25) is 0 Å². The molecule has 1 N–H and O–H groups in total. The van der Waals surface area contributed by atoms with Crippen LogP contribution >= 0.6 is 0 Å². The van der Waals surface area contributed by atoms with Crippen LogP contribution in [0.5, 0.6) is 0 Å². The number of amides is 1. The second-order valence-corrected chi connectivity index (χ2v) is 5.06. The summed E-state index contributed by atoms with van der Waals surface area (Å²) < 4.78 is 1.90. The van der Waals surface area contributed by atoms with Gasteiger partial charge in [-0.15, -0.1) is 0 Å². The minimum atomic E-state index is -0.0183. The van der Waals surface area contributed by atoms with Gasteiger partial charge in [-0.1, -0.05) is 18.2 Å². The predicted molar refractivity (Wildman–Crippen MR) is 75.8 cm³/mol. The first-order valence-corrected chi connectivity index (χ1v) is 6.48. The molecule has 0 unspecified atom stereocenters. The molecule has 0 radical (unpaired) electrons. The van der Waals surface area contributed by atoms with Crippen LogP contribution in [0, 0.1) is 0 Å². The Kier molecular flexibility index (Phi) is 3.90. The molecule has 1 heterocycles. The van der Waals surface area contributed by atoms with Crippen LogP contribution in [-0.4, -0.2) is 33.6 Å². The van der Waals surface area contributed by atoms with Crippen molar-refractivity contribution in [2.24, 2.45) is 0 Å². The first-order chi connectivity index (χ1) is 9.04. The van der Waals surface area contributed by atoms with Gasteiger partial charge in [0.15, 0.2) is 0 Å². The summed E-state index contributed by atoms with van der Waals surface area (Å²) >= 11 is 0. The molecule has 4 heteroatoms. The molecule has 1 amide bonds. The number of carbonyl (C=O) groups is 1. The van der Waals surface area contributed by atoms with E-state index in [0.29, 0.717) is 6.54 Å². The molecule has 0 spiro atoms. The molecule has 102 valence electrons. The van der Waals surface area contributed by atoms with E-state index in [-0.39, 0.29) is 18.6 Å². The van der Waals surface area contributed by atoms with Gasteiger partial charge in [0.25, 0.3) is 0 Å². The number of aliphatic hydroxyl groups excluding tert-OH is 1. The van der Waals surface area contributed by atoms with Crippen LogP contribution in [0.25, 0.3) is 10.9 Å². The van der Waals surface area contributed by atoms with Crippen LogP contribution in [0.15, 0.2) is 30.5 Å². The van der Waals surface area contributed by atoms with Crippen molar-refractivity contribution in [3.8, 4) is 0 Å². The molecule has 0 saturated heterocycles. The Morgan fingerprint density at radius 1 is 1.37 bits per heavy atom. The summed E-state index contributed by atoms with van der Waals surface area (Å²) in [7, 11) is 1.81. The molecule has 0 fully saturated rings. The number of hydrogen-bond acceptors (Lipinski definition) is 2. The number of aromatic nitrogens is 1. The van der Waals surface area contributed by atoms with E-state index in [1.165, 1.54) is 0 Å². The summed E-state index contributed by atoms with van der Waals surface area (Å²) in [4.78, 5) is 13.9. The van der Waals surface area contributed by atoms with Gasteiger partial charge in [-0.2, -0.15) is 0 Å². The highest BCUT2D eigenvalue weighted by atomic mass is 16.3. The second kappa shape index (κ2) is 5.45. The van der Waals surface area contributed by atoms with Crippen molar-refractivity contribution in [3.63, 3.8) is 0 Å². The fraction of sp³-hybridized carbons (Fsp3) is 0.400. The van der Waals surface area contributed by atoms with E-state index in [9.17, 15) is 9.90 Å². The van der Waals surface area contributed by atoms with Gasteiger partial charge < -0.3 is 14.6 Å². The second-order valence-electron chi connectivity index (χ2n) is 5.06. The molecule has 0 aliphatic heterocycles. The summed E-state index contributed by atoms with van der Waals surface area (Å²) in [6.45, 7) is 4.26. The average molecular weight is 260 g/mol. The van der Waals surface area contributed by atoms with Crippen LogP contribution in [0.4, 0.5) is 0 Å². The summed E-state index contributed by atoms with van der Waals surface area (Å²) in [5.41, 5.74) is 1.79. The number of fused-ring (bicyclic) bond motifs is 1. The zero-order chi connectivity index (χ0) is 14.0. The van der Waals surface area contributed by atoms with Crippen molar-refractivity contribution in [3.05, 3.63) is 36.0 Å². The molecule has 1 aromatic carbocycles. The monoisotopic (exact) mass is 260 g/mol. The van der Waals surface area contributed by atoms with E-state index in [1.807, 2.05) is 55.9 Å². The molecule has 1 aromatic heterocycles. The van der Waals surface area contributed by atoms with Gasteiger partial charge in [0.1, 0.15) is 6.54 Å². The van der Waals surface area contributed by atoms with E-state index in [1.54, 1.807) is 4.90 Å². The van der Waals surface area contributed by atoms with E-state index in [2.05, 4.69) is 0 Å². The van der Waals surface area contributed by atoms with E-state index < -0.39 is 0 Å². The number of para-hydroxylation sites is 1. The Balaban J connectivity index is 2.33. The minimum Gasteiger partial charge on any atom is -0.392 e. The quantitative estimate of drug-likeness (QED) is 0.914. The highest BCUT2D eigenvalue weighted by Crippen LogP contribution is 2.20. The summed E-state index contributed by atoms with van der Waals surface area (Å²) in [6, 6.07) is 7.95. The predicted octanol–water partition coefficient (Wildman–Crippen LogP) is 2.00. The van der Waals surface area contributed by atoms with Crippen molar-refractivity contribution < 1.29 is 9.90 Å². The summed E-state index contributed by atoms with van der Waals surface area (Å²) in [5.74, 6) is 0.0697. The van der Waals surface area contributed by atoms with Crippen molar-refractivity contribution in [1.82, 2.24) is 9.47 Å². The number of nitrogens with zero attached hydrogens (tertiary/aromatic N) is 2. The van der Waals surface area contributed by atoms with Crippen molar-refractivity contribution in [2.45, 2.75) is 33.0 Å². The molecule has 2 rings (SSSR count). The molecule has 4 nitrogen and oxygen atoms in total. The zero-order valence-corrected chi connectivity index (χ0v) is 11.6. The highest BCUT2D eigenvalue weighted by Gasteiger charge is 2.14. The van der Waals surface area contributed by atoms with Crippen LogP contribution in [-0.2, 0) is 17.9 Å². The van der Waals surface area contributed by atoms with E-state index in [0.717, 1.165) is 16.5 Å². The Bertz CT molecular complexity index is 587. The first-order valence-electron chi connectivity index (χ1n) is 6.48. The topological polar surface area (TPSA) is 45.5 Å². The third kappa shape index (κ3) is 2.63. The maximum atomic E-state index is 12.1. The fourth-order valence-corrected chi connectivity index (χ4v) is 2.15. The van der Waals surface area contributed by atoms with Crippen LogP contribution in [0.3, 0.4) is 0 Å². The number of aliphatic hydroxyl groups is 1. The lowest BCUT2D eigenvalue weighted by atomic mass is 10.1. The zero-order valence-electron chi connectivity index (χ0n) is 11.6. The normalized spacial score (nSPS) is 11.2. The third-order valence-electron chi connectivity index (χ3n) is 3.52. The molecular weight excluding hydrogens is 240 g/mol. The van der Waals surface area contributed by atoms with Gasteiger partial charge in [0.05, 0.1) is 12.1 Å². The lowest BCUT2D eigenvalue weighted by Gasteiger charge is -2.22. The fourth-order valence-electron chi connectivity index (χ4n) is 2.15. The standard InChI is InChI=1S/C15H20N2O2/c1-11(2)16(3)14(19)9-17-8-7-12-5-4-6-13(10-18)15(12)17/h4-8,11,18H,9-10H2,1-3H3. The SMILES string of the molecule is CC(C)N(C)C(=O)Cn1ccc2cccc(CO)c21. The lowest BCUT2D eigenvalue weighted by molar-refractivity contribution is -0.131. The number of carbonyl (C=O) groups excluding carboxylic acids is 1. The lowest BCUT2D eigenvalue weighted by Crippen LogP contribution is -2.35. The van der Waals surface area contributed by atoms with Gasteiger partial charge in [0.2, 0.25) is 5.91 Å². The van der Waals surface area contributed by atoms with Crippen LogP contribution in [0.1, 0.15) is 19.4 Å². The number of rotatable bonds is 4. The van der Waals surface area contributed by atoms with Gasteiger partial charge in [0, 0.05) is 24.8 Å². The molecule has 0 bridgehead atoms. The highest BCUT2D eigenvalue weighted by molar-refractivity contribution is 5.85. The van der Waals surface area contributed by atoms with Crippen molar-refractivity contribution in [1.29, 1.82) is 0 Å². The molecule has 2 aromatic rings. The van der Waals surface area contributed by atoms with Gasteiger partial charge in [-0.3, -0.25) is 4.79 Å². The average Bonchev–Trinajstić information content (AvgIpc) is 2.80. The Morgan fingerprint density at radius 2 is 2.11 bits per heavy atom. The number of benzene rings is 1. The van der Waals surface area contributed by atoms with Crippen molar-refractivity contribution in [2.75, 3.05) is 7.05 Å².